The minimum absolute atomic E-state index is 0.120. The second-order valence-electron chi connectivity index (χ2n) is 4.21. The Balaban J connectivity index is 2.27. The van der Waals surface area contributed by atoms with E-state index in [2.05, 4.69) is 0 Å². The summed E-state index contributed by atoms with van der Waals surface area (Å²) in [5, 5.41) is 9.82. The second kappa shape index (κ2) is 4.75. The van der Waals surface area contributed by atoms with Crippen LogP contribution in [0.15, 0.2) is 18.2 Å². The molecule has 0 heterocycles. The van der Waals surface area contributed by atoms with Gasteiger partial charge in [0.2, 0.25) is 0 Å². The minimum atomic E-state index is -0.905. The molecule has 4 nitrogen and oxygen atoms in total. The lowest BCUT2D eigenvalue weighted by Gasteiger charge is -2.12. The van der Waals surface area contributed by atoms with Crippen molar-refractivity contribution in [2.24, 2.45) is 5.92 Å². The van der Waals surface area contributed by atoms with Crippen molar-refractivity contribution in [3.63, 3.8) is 0 Å². The highest BCUT2D eigenvalue weighted by Crippen LogP contribution is 2.35. The van der Waals surface area contributed by atoms with Crippen molar-refractivity contribution in [3.05, 3.63) is 23.8 Å². The molecule has 1 aromatic rings. The molecule has 1 fully saturated rings. The Labute approximate surface area is 100 Å². The quantitative estimate of drug-likeness (QED) is 0.790. The zero-order chi connectivity index (χ0) is 12.4. The molecule has 92 valence electrons. The van der Waals surface area contributed by atoms with Gasteiger partial charge in [-0.25, -0.2) is 0 Å². The van der Waals surface area contributed by atoms with Crippen LogP contribution in [0.3, 0.4) is 0 Å². The molecule has 17 heavy (non-hydrogen) atoms. The molecule has 1 N–H and O–H groups in total. The summed E-state index contributed by atoms with van der Waals surface area (Å²) in [6.07, 6.45) is 0.939. The summed E-state index contributed by atoms with van der Waals surface area (Å²) in [4.78, 5) is 12.0. The molecule has 0 amide bonds. The van der Waals surface area contributed by atoms with Crippen LogP contribution in [0, 0.1) is 5.92 Å². The molecule has 1 aliphatic rings. The van der Waals surface area contributed by atoms with Gasteiger partial charge < -0.3 is 14.6 Å². The third kappa shape index (κ3) is 2.42. The standard InChI is InChI=1S/C13H16O4/c1-16-9-5-6-10(11(7-9)17-2)13(15)12(14)8-3-4-8/h5-8,12,14H,3-4H2,1-2H3. The lowest BCUT2D eigenvalue weighted by atomic mass is 10.0. The largest absolute Gasteiger partial charge is 0.497 e. The first kappa shape index (κ1) is 11.9. The average molecular weight is 236 g/mol. The van der Waals surface area contributed by atoms with Crippen LogP contribution in [0.2, 0.25) is 0 Å². The number of aliphatic hydroxyl groups excluding tert-OH is 1. The maximum Gasteiger partial charge on any atom is 0.195 e. The van der Waals surface area contributed by atoms with Crippen LogP contribution in [-0.4, -0.2) is 31.2 Å². The van der Waals surface area contributed by atoms with Crippen LogP contribution in [0.1, 0.15) is 23.2 Å². The number of hydrogen-bond acceptors (Lipinski definition) is 4. The summed E-state index contributed by atoms with van der Waals surface area (Å²) >= 11 is 0. The third-order valence-corrected chi connectivity index (χ3v) is 3.01. The number of aliphatic hydroxyl groups is 1. The molecule has 4 heteroatoms. The van der Waals surface area contributed by atoms with Crippen LogP contribution >= 0.6 is 0 Å². The number of benzene rings is 1. The topological polar surface area (TPSA) is 55.8 Å². The van der Waals surface area contributed by atoms with Crippen molar-refractivity contribution in [3.8, 4) is 11.5 Å². The molecule has 0 aromatic heterocycles. The van der Waals surface area contributed by atoms with Gasteiger partial charge in [0.1, 0.15) is 17.6 Å². The van der Waals surface area contributed by atoms with E-state index in [1.165, 1.54) is 7.11 Å². The fourth-order valence-corrected chi connectivity index (χ4v) is 1.79. The minimum Gasteiger partial charge on any atom is -0.497 e. The average Bonchev–Trinajstić information content (AvgIpc) is 3.20. The Morgan fingerprint density at radius 2 is 2.06 bits per heavy atom. The van der Waals surface area contributed by atoms with Crippen LogP contribution in [0.4, 0.5) is 0 Å². The van der Waals surface area contributed by atoms with E-state index >= 15 is 0 Å². The van der Waals surface area contributed by atoms with Gasteiger partial charge in [-0.3, -0.25) is 4.79 Å². The fraction of sp³-hybridized carbons (Fsp3) is 0.462. The van der Waals surface area contributed by atoms with Gasteiger partial charge in [0, 0.05) is 6.07 Å². The van der Waals surface area contributed by atoms with Crippen molar-refractivity contribution in [1.82, 2.24) is 0 Å². The molecule has 0 spiro atoms. The van der Waals surface area contributed by atoms with Crippen molar-refractivity contribution in [1.29, 1.82) is 0 Å². The Hall–Kier alpha value is -1.55. The van der Waals surface area contributed by atoms with Gasteiger partial charge >= 0.3 is 0 Å². The number of methoxy groups -OCH3 is 2. The Bertz CT molecular complexity index is 423. The summed E-state index contributed by atoms with van der Waals surface area (Å²) in [5.41, 5.74) is 0.410. The number of carbonyl (C=O) groups excluding carboxylic acids is 1. The third-order valence-electron chi connectivity index (χ3n) is 3.01. The highest BCUT2D eigenvalue weighted by molar-refractivity contribution is 6.02. The molecular weight excluding hydrogens is 220 g/mol. The molecule has 1 atom stereocenters. The number of ketones is 1. The van der Waals surface area contributed by atoms with Gasteiger partial charge in [0.05, 0.1) is 19.8 Å². The van der Waals surface area contributed by atoms with Gasteiger partial charge in [-0.1, -0.05) is 0 Å². The van der Waals surface area contributed by atoms with E-state index in [0.717, 1.165) is 12.8 Å². The van der Waals surface area contributed by atoms with E-state index in [0.29, 0.717) is 17.1 Å². The molecule has 1 aliphatic carbocycles. The number of rotatable bonds is 5. The van der Waals surface area contributed by atoms with Crippen LogP contribution < -0.4 is 9.47 Å². The van der Waals surface area contributed by atoms with E-state index in [4.69, 9.17) is 9.47 Å². The predicted octanol–water partition coefficient (Wildman–Crippen LogP) is 1.66. The van der Waals surface area contributed by atoms with Gasteiger partial charge in [-0.2, -0.15) is 0 Å². The number of Topliss-reactive ketones (excluding diaryl/α,β-unsaturated/α-hetero) is 1. The first-order valence-electron chi connectivity index (χ1n) is 5.61. The predicted molar refractivity (Wildman–Crippen MR) is 62.6 cm³/mol. The van der Waals surface area contributed by atoms with Crippen molar-refractivity contribution >= 4 is 5.78 Å². The van der Waals surface area contributed by atoms with Crippen molar-refractivity contribution in [2.45, 2.75) is 18.9 Å². The zero-order valence-corrected chi connectivity index (χ0v) is 9.97. The van der Waals surface area contributed by atoms with Crippen LogP contribution in [0.5, 0.6) is 11.5 Å². The van der Waals surface area contributed by atoms with E-state index in [1.807, 2.05) is 0 Å². The monoisotopic (exact) mass is 236 g/mol. The lowest BCUT2D eigenvalue weighted by Crippen LogP contribution is -2.23. The molecule has 1 unspecified atom stereocenters. The summed E-state index contributed by atoms with van der Waals surface area (Å²) in [7, 11) is 3.05. The van der Waals surface area contributed by atoms with E-state index < -0.39 is 6.10 Å². The number of hydrogen-bond donors (Lipinski definition) is 1. The second-order valence-corrected chi connectivity index (χ2v) is 4.21. The van der Waals surface area contributed by atoms with Gasteiger partial charge in [-0.15, -0.1) is 0 Å². The number of carbonyl (C=O) groups is 1. The molecule has 0 saturated heterocycles. The zero-order valence-electron chi connectivity index (χ0n) is 9.97. The van der Waals surface area contributed by atoms with E-state index in [-0.39, 0.29) is 11.7 Å². The Morgan fingerprint density at radius 1 is 1.35 bits per heavy atom. The van der Waals surface area contributed by atoms with Crippen molar-refractivity contribution < 1.29 is 19.4 Å². The molecule has 0 radical (unpaired) electrons. The smallest absolute Gasteiger partial charge is 0.195 e. The lowest BCUT2D eigenvalue weighted by molar-refractivity contribution is 0.0700. The Morgan fingerprint density at radius 3 is 2.59 bits per heavy atom. The molecule has 1 saturated carbocycles. The van der Waals surface area contributed by atoms with E-state index in [1.54, 1.807) is 25.3 Å². The molecule has 0 bridgehead atoms. The molecule has 2 rings (SSSR count). The van der Waals surface area contributed by atoms with Gasteiger partial charge in [0.15, 0.2) is 5.78 Å². The fourth-order valence-electron chi connectivity index (χ4n) is 1.79. The van der Waals surface area contributed by atoms with E-state index in [9.17, 15) is 9.90 Å². The summed E-state index contributed by atoms with van der Waals surface area (Å²) in [6.45, 7) is 0. The van der Waals surface area contributed by atoms with Gasteiger partial charge in [-0.05, 0) is 30.9 Å². The maximum atomic E-state index is 12.0. The SMILES string of the molecule is COc1ccc(C(=O)C(O)C2CC2)c(OC)c1. The number of ether oxygens (including phenoxy) is 2. The maximum absolute atomic E-state index is 12.0. The summed E-state index contributed by atoms with van der Waals surface area (Å²) in [5.74, 6) is 0.912. The molecule has 0 aliphatic heterocycles. The summed E-state index contributed by atoms with van der Waals surface area (Å²) in [6, 6.07) is 4.97. The normalized spacial score (nSPS) is 16.4. The highest BCUT2D eigenvalue weighted by atomic mass is 16.5. The van der Waals surface area contributed by atoms with Crippen LogP contribution in [-0.2, 0) is 0 Å². The molecule has 1 aromatic carbocycles. The van der Waals surface area contributed by atoms with Crippen LogP contribution in [0.25, 0.3) is 0 Å². The summed E-state index contributed by atoms with van der Waals surface area (Å²) < 4.78 is 10.2. The Kier molecular flexibility index (Phi) is 3.33. The first-order valence-corrected chi connectivity index (χ1v) is 5.61. The highest BCUT2D eigenvalue weighted by Gasteiger charge is 2.35. The molecular formula is C13H16O4. The first-order chi connectivity index (χ1) is 8.17. The van der Waals surface area contributed by atoms with Gasteiger partial charge in [0.25, 0.3) is 0 Å². The van der Waals surface area contributed by atoms with Crippen molar-refractivity contribution in [2.75, 3.05) is 14.2 Å².